The fourth-order valence-electron chi connectivity index (χ4n) is 2.41. The normalized spacial score (nSPS) is 10.7. The summed E-state index contributed by atoms with van der Waals surface area (Å²) in [5.41, 5.74) is 2.19. The van der Waals surface area contributed by atoms with E-state index in [0.29, 0.717) is 18.2 Å². The van der Waals surface area contributed by atoms with E-state index in [4.69, 9.17) is 25.8 Å². The number of benzene rings is 2. The van der Waals surface area contributed by atoms with Crippen molar-refractivity contribution in [2.24, 2.45) is 0 Å². The summed E-state index contributed by atoms with van der Waals surface area (Å²) in [5.74, 6) is 1.51. The second-order valence-corrected chi connectivity index (χ2v) is 6.09. The van der Waals surface area contributed by atoms with Crippen LogP contribution in [0.25, 0.3) is 0 Å². The molecule has 136 valence electrons. The first kappa shape index (κ1) is 19.6. The van der Waals surface area contributed by atoms with Gasteiger partial charge in [-0.15, -0.1) is 0 Å². The molecule has 2 aromatic rings. The average molecular weight is 364 g/mol. The van der Waals surface area contributed by atoms with Crippen LogP contribution in [0.15, 0.2) is 42.5 Å². The number of hydrogen-bond acceptors (Lipinski definition) is 4. The Morgan fingerprint density at radius 1 is 1.00 bits per heavy atom. The first-order valence-corrected chi connectivity index (χ1v) is 8.93. The van der Waals surface area contributed by atoms with Gasteiger partial charge in [0.05, 0.1) is 6.61 Å². The Balaban J connectivity index is 1.95. The van der Waals surface area contributed by atoms with Gasteiger partial charge in [0.15, 0.2) is 11.5 Å². The van der Waals surface area contributed by atoms with E-state index in [9.17, 15) is 0 Å². The zero-order chi connectivity index (χ0) is 17.9. The maximum absolute atomic E-state index is 6.01. The van der Waals surface area contributed by atoms with E-state index in [1.165, 1.54) is 0 Å². The van der Waals surface area contributed by atoms with Gasteiger partial charge in [-0.05, 0) is 55.3 Å². The van der Waals surface area contributed by atoms with Crippen molar-refractivity contribution in [2.75, 3.05) is 26.9 Å². The van der Waals surface area contributed by atoms with Crippen molar-refractivity contribution in [3.8, 4) is 11.5 Å². The van der Waals surface area contributed by atoms with Crippen molar-refractivity contribution in [1.82, 2.24) is 5.32 Å². The number of hydrogen-bond donors (Lipinski definition) is 1. The van der Waals surface area contributed by atoms with Gasteiger partial charge in [0.2, 0.25) is 0 Å². The summed E-state index contributed by atoms with van der Waals surface area (Å²) in [6.07, 6.45) is 0.996. The molecule has 0 fully saturated rings. The van der Waals surface area contributed by atoms with Crippen LogP contribution in [0.3, 0.4) is 0 Å². The SMILES string of the molecule is CCOc1cc(CNCCCOC)ccc1OCc1cccc(Cl)c1. The molecule has 1 N–H and O–H groups in total. The van der Waals surface area contributed by atoms with Crippen molar-refractivity contribution in [2.45, 2.75) is 26.5 Å². The summed E-state index contributed by atoms with van der Waals surface area (Å²) in [6, 6.07) is 13.7. The summed E-state index contributed by atoms with van der Waals surface area (Å²) in [5, 5.41) is 4.11. The van der Waals surface area contributed by atoms with Crippen molar-refractivity contribution >= 4 is 11.6 Å². The first-order chi connectivity index (χ1) is 12.2. The molecule has 2 rings (SSSR count). The molecule has 0 aliphatic rings. The Hall–Kier alpha value is -1.75. The van der Waals surface area contributed by atoms with E-state index in [0.717, 1.165) is 48.7 Å². The summed E-state index contributed by atoms with van der Waals surface area (Å²) in [6.45, 7) is 5.50. The molecule has 0 aromatic heterocycles. The molecule has 0 saturated heterocycles. The number of nitrogens with one attached hydrogen (secondary N) is 1. The average Bonchev–Trinajstić information content (AvgIpc) is 2.61. The molecule has 0 amide bonds. The Labute approximate surface area is 155 Å². The van der Waals surface area contributed by atoms with Crippen molar-refractivity contribution in [1.29, 1.82) is 0 Å². The summed E-state index contributed by atoms with van der Waals surface area (Å²) in [4.78, 5) is 0. The molecule has 2 aromatic carbocycles. The fraction of sp³-hybridized carbons (Fsp3) is 0.400. The summed E-state index contributed by atoms with van der Waals surface area (Å²) in [7, 11) is 1.72. The monoisotopic (exact) mass is 363 g/mol. The van der Waals surface area contributed by atoms with Crippen LogP contribution in [-0.4, -0.2) is 26.9 Å². The van der Waals surface area contributed by atoms with Gasteiger partial charge in [0.25, 0.3) is 0 Å². The maximum atomic E-state index is 6.01. The first-order valence-electron chi connectivity index (χ1n) is 8.55. The molecule has 0 heterocycles. The second kappa shape index (κ2) is 11.0. The lowest BCUT2D eigenvalue weighted by Crippen LogP contribution is -2.16. The van der Waals surface area contributed by atoms with E-state index in [-0.39, 0.29) is 0 Å². The lowest BCUT2D eigenvalue weighted by Gasteiger charge is -2.14. The van der Waals surface area contributed by atoms with Crippen LogP contribution in [0.1, 0.15) is 24.5 Å². The molecule has 25 heavy (non-hydrogen) atoms. The van der Waals surface area contributed by atoms with Gasteiger partial charge in [0.1, 0.15) is 6.61 Å². The highest BCUT2D eigenvalue weighted by atomic mass is 35.5. The summed E-state index contributed by atoms with van der Waals surface area (Å²) < 4.78 is 16.7. The van der Waals surface area contributed by atoms with Gasteiger partial charge in [-0.3, -0.25) is 0 Å². The van der Waals surface area contributed by atoms with E-state index in [1.807, 2.05) is 43.3 Å². The molecule has 0 saturated carbocycles. The minimum absolute atomic E-state index is 0.454. The lowest BCUT2D eigenvalue weighted by atomic mass is 10.2. The number of ether oxygens (including phenoxy) is 3. The smallest absolute Gasteiger partial charge is 0.161 e. The van der Waals surface area contributed by atoms with Crippen LogP contribution in [0.2, 0.25) is 5.02 Å². The highest BCUT2D eigenvalue weighted by Crippen LogP contribution is 2.29. The van der Waals surface area contributed by atoms with Gasteiger partial charge in [-0.2, -0.15) is 0 Å². The quantitative estimate of drug-likeness (QED) is 0.599. The molecule has 5 heteroatoms. The number of methoxy groups -OCH3 is 1. The third kappa shape index (κ3) is 6.94. The van der Waals surface area contributed by atoms with E-state index >= 15 is 0 Å². The standard InChI is InChI=1S/C20H26ClNO3/c1-3-24-20-13-16(14-22-10-5-11-23-2)8-9-19(20)25-15-17-6-4-7-18(21)12-17/h4,6-9,12-13,22H,3,5,10-11,14-15H2,1-2H3. The van der Waals surface area contributed by atoms with Crippen LogP contribution in [0, 0.1) is 0 Å². The summed E-state index contributed by atoms with van der Waals surface area (Å²) >= 11 is 6.01. The largest absolute Gasteiger partial charge is 0.490 e. The lowest BCUT2D eigenvalue weighted by molar-refractivity contribution is 0.194. The van der Waals surface area contributed by atoms with E-state index in [1.54, 1.807) is 7.11 Å². The second-order valence-electron chi connectivity index (χ2n) is 5.66. The molecule has 0 radical (unpaired) electrons. The van der Waals surface area contributed by atoms with Crippen LogP contribution < -0.4 is 14.8 Å². The molecule has 0 unspecified atom stereocenters. The van der Waals surface area contributed by atoms with Crippen molar-refractivity contribution in [3.63, 3.8) is 0 Å². The Morgan fingerprint density at radius 2 is 1.88 bits per heavy atom. The fourth-order valence-corrected chi connectivity index (χ4v) is 2.62. The predicted octanol–water partition coefficient (Wildman–Crippen LogP) is 4.44. The predicted molar refractivity (Wildman–Crippen MR) is 102 cm³/mol. The van der Waals surface area contributed by atoms with Gasteiger partial charge < -0.3 is 19.5 Å². The molecular formula is C20H26ClNO3. The Kier molecular flexibility index (Phi) is 8.60. The van der Waals surface area contributed by atoms with Crippen molar-refractivity contribution < 1.29 is 14.2 Å². The Bertz CT molecular complexity index is 649. The topological polar surface area (TPSA) is 39.7 Å². The molecule has 4 nitrogen and oxygen atoms in total. The van der Waals surface area contributed by atoms with Gasteiger partial charge in [-0.25, -0.2) is 0 Å². The minimum atomic E-state index is 0.454. The third-order valence-corrected chi connectivity index (χ3v) is 3.86. The van der Waals surface area contributed by atoms with Crippen LogP contribution in [0.4, 0.5) is 0 Å². The van der Waals surface area contributed by atoms with E-state index < -0.39 is 0 Å². The highest BCUT2D eigenvalue weighted by molar-refractivity contribution is 6.30. The van der Waals surface area contributed by atoms with Gasteiger partial charge in [0, 0.05) is 25.3 Å². The molecule has 0 spiro atoms. The number of halogens is 1. The Morgan fingerprint density at radius 3 is 2.64 bits per heavy atom. The van der Waals surface area contributed by atoms with E-state index in [2.05, 4.69) is 11.4 Å². The van der Waals surface area contributed by atoms with Gasteiger partial charge >= 0.3 is 0 Å². The van der Waals surface area contributed by atoms with Crippen molar-refractivity contribution in [3.05, 3.63) is 58.6 Å². The van der Waals surface area contributed by atoms with Crippen LogP contribution >= 0.6 is 11.6 Å². The molecule has 0 aliphatic heterocycles. The molecule has 0 bridgehead atoms. The minimum Gasteiger partial charge on any atom is -0.490 e. The third-order valence-electron chi connectivity index (χ3n) is 3.62. The molecular weight excluding hydrogens is 338 g/mol. The maximum Gasteiger partial charge on any atom is 0.161 e. The highest BCUT2D eigenvalue weighted by Gasteiger charge is 2.07. The van der Waals surface area contributed by atoms with Crippen LogP contribution in [-0.2, 0) is 17.9 Å². The number of rotatable bonds is 11. The zero-order valence-corrected chi connectivity index (χ0v) is 15.6. The zero-order valence-electron chi connectivity index (χ0n) is 14.9. The molecule has 0 atom stereocenters. The molecule has 0 aliphatic carbocycles. The van der Waals surface area contributed by atoms with Gasteiger partial charge in [-0.1, -0.05) is 29.8 Å². The van der Waals surface area contributed by atoms with Crippen LogP contribution in [0.5, 0.6) is 11.5 Å².